The third-order valence-electron chi connectivity index (χ3n) is 2.18. The molecule has 0 aromatic carbocycles. The zero-order valence-corrected chi connectivity index (χ0v) is 11.7. The minimum absolute atomic E-state index is 0.181. The van der Waals surface area contributed by atoms with Crippen LogP contribution in [0, 0.1) is 0 Å². The first-order valence-corrected chi connectivity index (χ1v) is 6.65. The van der Waals surface area contributed by atoms with E-state index in [-0.39, 0.29) is 16.8 Å². The Bertz CT molecular complexity index is 629. The van der Waals surface area contributed by atoms with Crippen LogP contribution >= 0.6 is 11.8 Å². The second kappa shape index (κ2) is 5.04. The number of aromatic amines is 1. The van der Waals surface area contributed by atoms with Crippen molar-refractivity contribution in [3.05, 3.63) is 28.2 Å². The van der Waals surface area contributed by atoms with Gasteiger partial charge in [-0.1, -0.05) is 32.5 Å². The molecular formula is C11H15N5O2S. The van der Waals surface area contributed by atoms with Gasteiger partial charge in [-0.15, -0.1) is 10.2 Å². The average molecular weight is 281 g/mol. The molecule has 0 aliphatic rings. The van der Waals surface area contributed by atoms with E-state index in [2.05, 4.69) is 20.2 Å². The lowest BCUT2D eigenvalue weighted by Gasteiger charge is -2.10. The van der Waals surface area contributed by atoms with Crippen molar-refractivity contribution in [1.82, 2.24) is 20.2 Å². The summed E-state index contributed by atoms with van der Waals surface area (Å²) in [6.07, 6.45) is 0. The average Bonchev–Trinajstić information content (AvgIpc) is 2.73. The van der Waals surface area contributed by atoms with E-state index in [1.165, 1.54) is 17.8 Å². The van der Waals surface area contributed by atoms with E-state index in [0.717, 1.165) is 0 Å². The molecule has 0 fully saturated rings. The van der Waals surface area contributed by atoms with Crippen molar-refractivity contribution in [2.45, 2.75) is 37.1 Å². The molecule has 2 aromatic heterocycles. The normalized spacial score (nSPS) is 11.7. The van der Waals surface area contributed by atoms with Gasteiger partial charge in [0.15, 0.2) is 5.16 Å². The third kappa shape index (κ3) is 3.57. The monoisotopic (exact) mass is 281 g/mol. The predicted molar refractivity (Wildman–Crippen MR) is 71.8 cm³/mol. The van der Waals surface area contributed by atoms with E-state index < -0.39 is 0 Å². The Morgan fingerprint density at radius 3 is 2.74 bits per heavy atom. The molecule has 2 rings (SSSR count). The molecule has 0 saturated carbocycles. The topological polar surface area (TPSA) is 111 Å². The molecule has 3 N–H and O–H groups in total. The Balaban J connectivity index is 2.06. The molecule has 0 aliphatic carbocycles. The zero-order chi connectivity index (χ0) is 14.0. The van der Waals surface area contributed by atoms with Crippen LogP contribution in [0.3, 0.4) is 0 Å². The number of rotatable bonds is 3. The summed E-state index contributed by atoms with van der Waals surface area (Å²) < 4.78 is 5.54. The van der Waals surface area contributed by atoms with Crippen LogP contribution in [0.5, 0.6) is 0 Å². The molecule has 0 spiro atoms. The molecule has 2 aromatic rings. The lowest BCUT2D eigenvalue weighted by molar-refractivity contribution is 0.378. The van der Waals surface area contributed by atoms with Crippen LogP contribution in [-0.4, -0.2) is 20.2 Å². The van der Waals surface area contributed by atoms with Gasteiger partial charge in [0, 0.05) is 11.5 Å². The minimum atomic E-state index is -0.282. The van der Waals surface area contributed by atoms with Gasteiger partial charge in [0.25, 0.3) is 5.56 Å². The van der Waals surface area contributed by atoms with Crippen LogP contribution in [0.2, 0.25) is 0 Å². The number of nitrogens with two attached hydrogens (primary N) is 1. The Labute approximate surface area is 114 Å². The van der Waals surface area contributed by atoms with Crippen LogP contribution in [0.1, 0.15) is 32.6 Å². The third-order valence-corrected chi connectivity index (χ3v) is 3.04. The molecule has 0 bridgehead atoms. The largest absolute Gasteiger partial charge is 0.424 e. The molecule has 0 atom stereocenters. The predicted octanol–water partition coefficient (Wildman–Crippen LogP) is 1.32. The highest BCUT2D eigenvalue weighted by Gasteiger charge is 2.21. The fraction of sp³-hybridized carbons (Fsp3) is 0.455. The van der Waals surface area contributed by atoms with Gasteiger partial charge in [-0.25, -0.2) is 4.98 Å². The quantitative estimate of drug-likeness (QED) is 0.644. The SMILES string of the molecule is CC(C)(C)c1nnc(CSc2nc(N)cc(=O)[nH]2)o1. The first-order chi connectivity index (χ1) is 8.84. The summed E-state index contributed by atoms with van der Waals surface area (Å²) in [5, 5.41) is 8.37. The number of nitrogens with zero attached hydrogens (tertiary/aromatic N) is 3. The molecular weight excluding hydrogens is 266 g/mol. The van der Waals surface area contributed by atoms with Gasteiger partial charge in [0.05, 0.1) is 5.75 Å². The molecule has 0 unspecified atom stereocenters. The lowest BCUT2D eigenvalue weighted by atomic mass is 9.97. The number of nitrogen functional groups attached to an aromatic ring is 1. The van der Waals surface area contributed by atoms with Crippen LogP contribution in [0.25, 0.3) is 0 Å². The Hall–Kier alpha value is -1.83. The summed E-state index contributed by atoms with van der Waals surface area (Å²) in [6.45, 7) is 5.98. The smallest absolute Gasteiger partial charge is 0.253 e. The minimum Gasteiger partial charge on any atom is -0.424 e. The summed E-state index contributed by atoms with van der Waals surface area (Å²) in [7, 11) is 0. The maximum atomic E-state index is 11.2. The van der Waals surface area contributed by atoms with Crippen molar-refractivity contribution in [3.8, 4) is 0 Å². The van der Waals surface area contributed by atoms with Gasteiger partial charge in [0.2, 0.25) is 11.8 Å². The van der Waals surface area contributed by atoms with Crippen molar-refractivity contribution in [2.75, 3.05) is 5.73 Å². The van der Waals surface area contributed by atoms with Crippen LogP contribution in [-0.2, 0) is 11.2 Å². The molecule has 7 nitrogen and oxygen atoms in total. The maximum absolute atomic E-state index is 11.2. The van der Waals surface area contributed by atoms with Crippen molar-refractivity contribution in [3.63, 3.8) is 0 Å². The summed E-state index contributed by atoms with van der Waals surface area (Å²) in [5.74, 6) is 1.68. The Morgan fingerprint density at radius 2 is 2.16 bits per heavy atom. The molecule has 19 heavy (non-hydrogen) atoms. The van der Waals surface area contributed by atoms with Crippen LogP contribution in [0.15, 0.2) is 20.4 Å². The highest BCUT2D eigenvalue weighted by atomic mass is 32.2. The highest BCUT2D eigenvalue weighted by Crippen LogP contribution is 2.23. The fourth-order valence-corrected chi connectivity index (χ4v) is 1.99. The summed E-state index contributed by atoms with van der Waals surface area (Å²) in [4.78, 5) is 17.8. The van der Waals surface area contributed by atoms with Crippen LogP contribution < -0.4 is 11.3 Å². The van der Waals surface area contributed by atoms with E-state index in [4.69, 9.17) is 10.2 Å². The molecule has 0 saturated heterocycles. The molecule has 0 amide bonds. The number of H-pyrrole nitrogens is 1. The number of anilines is 1. The maximum Gasteiger partial charge on any atom is 0.253 e. The van der Waals surface area contributed by atoms with E-state index in [1.807, 2.05) is 20.8 Å². The number of hydrogen-bond donors (Lipinski definition) is 2. The molecule has 2 heterocycles. The number of aromatic nitrogens is 4. The van der Waals surface area contributed by atoms with Gasteiger partial charge in [-0.2, -0.15) is 0 Å². The number of hydrogen-bond acceptors (Lipinski definition) is 7. The number of nitrogens with one attached hydrogen (secondary N) is 1. The van der Waals surface area contributed by atoms with Crippen molar-refractivity contribution in [2.24, 2.45) is 0 Å². The van der Waals surface area contributed by atoms with Gasteiger partial charge in [0.1, 0.15) is 5.82 Å². The van der Waals surface area contributed by atoms with Gasteiger partial charge < -0.3 is 15.1 Å². The second-order valence-corrected chi connectivity index (χ2v) is 5.98. The van der Waals surface area contributed by atoms with E-state index in [9.17, 15) is 4.79 Å². The highest BCUT2D eigenvalue weighted by molar-refractivity contribution is 7.98. The van der Waals surface area contributed by atoms with Crippen molar-refractivity contribution in [1.29, 1.82) is 0 Å². The molecule has 0 aliphatic heterocycles. The standard InChI is InChI=1S/C11H15N5O2S/c1-11(2,3)9-16-15-8(18-9)5-19-10-13-6(12)4-7(17)14-10/h4H,5H2,1-3H3,(H3,12,13,14,17). The fourth-order valence-electron chi connectivity index (χ4n) is 1.27. The second-order valence-electron chi connectivity index (χ2n) is 5.02. The first kappa shape index (κ1) is 13.6. The van der Waals surface area contributed by atoms with Gasteiger partial charge in [-0.3, -0.25) is 4.79 Å². The van der Waals surface area contributed by atoms with Crippen LogP contribution in [0.4, 0.5) is 5.82 Å². The van der Waals surface area contributed by atoms with E-state index >= 15 is 0 Å². The molecule has 8 heteroatoms. The lowest BCUT2D eigenvalue weighted by Crippen LogP contribution is -2.11. The Kier molecular flexibility index (Phi) is 3.61. The molecule has 0 radical (unpaired) electrons. The Morgan fingerprint density at radius 1 is 1.42 bits per heavy atom. The van der Waals surface area contributed by atoms with E-state index in [1.54, 1.807) is 0 Å². The van der Waals surface area contributed by atoms with E-state index in [0.29, 0.717) is 22.7 Å². The summed E-state index contributed by atoms with van der Waals surface area (Å²) in [5.41, 5.74) is 5.03. The van der Waals surface area contributed by atoms with Gasteiger partial charge >= 0.3 is 0 Å². The van der Waals surface area contributed by atoms with Crippen molar-refractivity contribution < 1.29 is 4.42 Å². The summed E-state index contributed by atoms with van der Waals surface area (Å²) >= 11 is 1.28. The zero-order valence-electron chi connectivity index (χ0n) is 10.9. The molecule has 102 valence electrons. The van der Waals surface area contributed by atoms with Crippen molar-refractivity contribution >= 4 is 17.6 Å². The van der Waals surface area contributed by atoms with Gasteiger partial charge in [-0.05, 0) is 0 Å². The summed E-state index contributed by atoms with van der Waals surface area (Å²) in [6, 6.07) is 1.23. The first-order valence-electron chi connectivity index (χ1n) is 5.67. The number of thioether (sulfide) groups is 1.